The second-order valence-corrected chi connectivity index (χ2v) is 5.28. The number of benzene rings is 2. The van der Waals surface area contributed by atoms with Crippen molar-refractivity contribution in [3.63, 3.8) is 0 Å². The number of rotatable bonds is 4. The highest BCUT2D eigenvalue weighted by molar-refractivity contribution is 5.56. The Bertz CT molecular complexity index is 911. The Balaban J connectivity index is 1.51. The van der Waals surface area contributed by atoms with Gasteiger partial charge in [0.2, 0.25) is 11.7 Å². The summed E-state index contributed by atoms with van der Waals surface area (Å²) in [5.41, 5.74) is 1.38. The Morgan fingerprint density at radius 3 is 2.20 bits per heavy atom. The number of tetrazole rings is 1. The Hall–Kier alpha value is -3.42. The second kappa shape index (κ2) is 6.23. The van der Waals surface area contributed by atoms with Gasteiger partial charge in [-0.2, -0.15) is 4.80 Å². The van der Waals surface area contributed by atoms with E-state index >= 15 is 0 Å². The van der Waals surface area contributed by atoms with Crippen LogP contribution >= 0.6 is 0 Å². The van der Waals surface area contributed by atoms with Gasteiger partial charge in [-0.15, -0.1) is 10.2 Å². The zero-order valence-electron chi connectivity index (χ0n) is 12.8. The molecule has 0 aliphatic carbocycles. The molecule has 0 spiro atoms. The fraction of sp³-hybridized carbons (Fsp3) is 0.0588. The molecule has 0 saturated carbocycles. The zero-order valence-corrected chi connectivity index (χ0v) is 12.8. The Morgan fingerprint density at radius 1 is 0.880 bits per heavy atom. The second-order valence-electron chi connectivity index (χ2n) is 5.28. The van der Waals surface area contributed by atoms with Crippen LogP contribution in [0.4, 0.5) is 8.78 Å². The average Bonchev–Trinajstić information content (AvgIpc) is 3.27. The monoisotopic (exact) mass is 339 g/mol. The molecule has 0 amide bonds. The maximum Gasteiger partial charge on any atom is 0.218 e. The van der Waals surface area contributed by atoms with Crippen LogP contribution in [0.5, 0.6) is 0 Å². The van der Waals surface area contributed by atoms with Crippen molar-refractivity contribution in [2.75, 3.05) is 0 Å². The molecule has 4 aromatic rings. The van der Waals surface area contributed by atoms with E-state index in [0.717, 1.165) is 5.56 Å². The Kier molecular flexibility index (Phi) is 3.77. The maximum atomic E-state index is 13.0. The highest BCUT2D eigenvalue weighted by Crippen LogP contribution is 2.21. The van der Waals surface area contributed by atoms with E-state index in [4.69, 9.17) is 4.42 Å². The van der Waals surface area contributed by atoms with E-state index in [1.807, 2.05) is 0 Å². The summed E-state index contributed by atoms with van der Waals surface area (Å²) < 4.78 is 31.6. The summed E-state index contributed by atoms with van der Waals surface area (Å²) in [5.74, 6) is 0.648. The third-order valence-corrected chi connectivity index (χ3v) is 3.51. The van der Waals surface area contributed by atoms with Crippen LogP contribution in [0.25, 0.3) is 22.7 Å². The van der Waals surface area contributed by atoms with Gasteiger partial charge in [0.1, 0.15) is 18.2 Å². The molecule has 0 atom stereocenters. The quantitative estimate of drug-likeness (QED) is 0.570. The van der Waals surface area contributed by atoms with E-state index in [-0.39, 0.29) is 18.2 Å². The molecule has 0 N–H and O–H groups in total. The third kappa shape index (κ3) is 3.27. The topological polar surface area (TPSA) is 69.6 Å². The molecule has 0 saturated heterocycles. The van der Waals surface area contributed by atoms with Gasteiger partial charge in [0.15, 0.2) is 5.76 Å². The molecule has 124 valence electrons. The molecule has 0 bridgehead atoms. The summed E-state index contributed by atoms with van der Waals surface area (Å²) in [6.45, 7) is 0.190. The number of hydrogen-bond acceptors (Lipinski definition) is 5. The summed E-state index contributed by atoms with van der Waals surface area (Å²) in [4.78, 5) is 5.50. The highest BCUT2D eigenvalue weighted by Gasteiger charge is 2.11. The summed E-state index contributed by atoms with van der Waals surface area (Å²) in [6, 6.07) is 11.7. The molecule has 2 aromatic heterocycles. The molecule has 0 aliphatic heterocycles. The van der Waals surface area contributed by atoms with Gasteiger partial charge < -0.3 is 4.42 Å². The predicted molar refractivity (Wildman–Crippen MR) is 84.2 cm³/mol. The molecule has 6 nitrogen and oxygen atoms in total. The van der Waals surface area contributed by atoms with Crippen molar-refractivity contribution in [3.05, 3.63) is 72.3 Å². The minimum absolute atomic E-state index is 0.190. The molecule has 0 aliphatic rings. The van der Waals surface area contributed by atoms with Gasteiger partial charge in [-0.05, 0) is 53.7 Å². The lowest BCUT2D eigenvalue weighted by Gasteiger charge is -1.96. The van der Waals surface area contributed by atoms with Crippen LogP contribution in [0.15, 0.2) is 59.1 Å². The van der Waals surface area contributed by atoms with E-state index in [0.29, 0.717) is 23.0 Å². The largest absolute Gasteiger partial charge is 0.439 e. The number of aromatic nitrogens is 5. The van der Waals surface area contributed by atoms with Crippen LogP contribution in [0.2, 0.25) is 0 Å². The van der Waals surface area contributed by atoms with Gasteiger partial charge in [0.05, 0.1) is 6.20 Å². The lowest BCUT2D eigenvalue weighted by Crippen LogP contribution is -2.04. The molecule has 2 heterocycles. The van der Waals surface area contributed by atoms with Crippen molar-refractivity contribution >= 4 is 0 Å². The first-order valence-corrected chi connectivity index (χ1v) is 7.42. The van der Waals surface area contributed by atoms with Crippen LogP contribution in [-0.4, -0.2) is 25.2 Å². The molecule has 2 aromatic carbocycles. The van der Waals surface area contributed by atoms with Gasteiger partial charge in [0, 0.05) is 11.1 Å². The van der Waals surface area contributed by atoms with Gasteiger partial charge in [-0.3, -0.25) is 0 Å². The van der Waals surface area contributed by atoms with E-state index in [2.05, 4.69) is 20.4 Å². The molecule has 25 heavy (non-hydrogen) atoms. The van der Waals surface area contributed by atoms with Crippen LogP contribution in [0, 0.1) is 11.6 Å². The van der Waals surface area contributed by atoms with Crippen molar-refractivity contribution in [3.8, 4) is 22.7 Å². The summed E-state index contributed by atoms with van der Waals surface area (Å²) >= 11 is 0. The predicted octanol–water partition coefficient (Wildman–Crippen LogP) is 3.32. The van der Waals surface area contributed by atoms with Gasteiger partial charge in [0.25, 0.3) is 0 Å². The van der Waals surface area contributed by atoms with Crippen molar-refractivity contribution in [1.82, 2.24) is 25.2 Å². The first kappa shape index (κ1) is 15.1. The first-order chi connectivity index (χ1) is 12.2. The molecule has 0 fully saturated rings. The fourth-order valence-corrected chi connectivity index (χ4v) is 2.28. The molecular weight excluding hydrogens is 328 g/mol. The van der Waals surface area contributed by atoms with Crippen LogP contribution < -0.4 is 0 Å². The number of halogens is 2. The van der Waals surface area contributed by atoms with E-state index in [1.165, 1.54) is 29.1 Å². The van der Waals surface area contributed by atoms with Gasteiger partial charge >= 0.3 is 0 Å². The van der Waals surface area contributed by atoms with Crippen molar-refractivity contribution in [1.29, 1.82) is 0 Å². The average molecular weight is 339 g/mol. The lowest BCUT2D eigenvalue weighted by atomic mass is 10.2. The third-order valence-electron chi connectivity index (χ3n) is 3.51. The maximum absolute atomic E-state index is 13.0. The normalized spacial score (nSPS) is 11.0. The minimum atomic E-state index is -0.329. The summed E-state index contributed by atoms with van der Waals surface area (Å²) in [7, 11) is 0. The van der Waals surface area contributed by atoms with Crippen molar-refractivity contribution in [2.24, 2.45) is 0 Å². The van der Waals surface area contributed by atoms with Crippen LogP contribution in [0.3, 0.4) is 0 Å². The Morgan fingerprint density at radius 2 is 1.52 bits per heavy atom. The van der Waals surface area contributed by atoms with Gasteiger partial charge in [-0.1, -0.05) is 0 Å². The van der Waals surface area contributed by atoms with Crippen LogP contribution in [0.1, 0.15) is 5.89 Å². The molecular formula is C17H11F2N5O. The number of nitrogens with zero attached hydrogens (tertiary/aromatic N) is 5. The van der Waals surface area contributed by atoms with Crippen LogP contribution in [-0.2, 0) is 6.54 Å². The Labute approximate surface area is 140 Å². The van der Waals surface area contributed by atoms with Gasteiger partial charge in [-0.25, -0.2) is 13.8 Å². The molecule has 4 rings (SSSR count). The number of hydrogen-bond donors (Lipinski definition) is 0. The smallest absolute Gasteiger partial charge is 0.218 e. The summed E-state index contributed by atoms with van der Waals surface area (Å²) in [5, 5.41) is 12.1. The lowest BCUT2D eigenvalue weighted by molar-refractivity contribution is 0.446. The van der Waals surface area contributed by atoms with E-state index in [9.17, 15) is 8.78 Å². The minimum Gasteiger partial charge on any atom is -0.439 e. The number of oxazole rings is 1. The molecule has 8 heteroatoms. The SMILES string of the molecule is Fc1ccc(-c2nnn(Cc3ncc(-c4ccc(F)cc4)o3)n2)cc1. The molecule has 0 unspecified atom stereocenters. The van der Waals surface area contributed by atoms with Crippen molar-refractivity contribution < 1.29 is 13.2 Å². The van der Waals surface area contributed by atoms with Crippen molar-refractivity contribution in [2.45, 2.75) is 6.54 Å². The molecule has 0 radical (unpaired) electrons. The van der Waals surface area contributed by atoms with E-state index < -0.39 is 0 Å². The zero-order chi connectivity index (χ0) is 17.2. The fourth-order valence-electron chi connectivity index (χ4n) is 2.28. The summed E-state index contributed by atoms with van der Waals surface area (Å²) in [6.07, 6.45) is 1.56. The highest BCUT2D eigenvalue weighted by atomic mass is 19.1. The first-order valence-electron chi connectivity index (χ1n) is 7.42. The standard InChI is InChI=1S/C17H11F2N5O/c18-13-5-1-11(2-6-13)15-9-20-16(25-15)10-24-22-17(21-23-24)12-3-7-14(19)8-4-12/h1-9H,10H2. The van der Waals surface area contributed by atoms with E-state index in [1.54, 1.807) is 30.5 Å².